The molecule has 2 nitrogen and oxygen atoms in total. The van der Waals surface area contributed by atoms with Gasteiger partial charge in [0.05, 0.1) is 12.7 Å². The highest BCUT2D eigenvalue weighted by molar-refractivity contribution is 5.27. The average molecular weight is 264 g/mol. The van der Waals surface area contributed by atoms with Crippen molar-refractivity contribution in [2.75, 3.05) is 6.61 Å². The Balaban J connectivity index is 2.05. The molecule has 108 valence electrons. The van der Waals surface area contributed by atoms with Crippen molar-refractivity contribution >= 4 is 0 Å². The van der Waals surface area contributed by atoms with Crippen LogP contribution >= 0.6 is 0 Å². The van der Waals surface area contributed by atoms with Crippen LogP contribution in [0.15, 0.2) is 24.3 Å². The maximum Gasteiger partial charge on any atom is 0.119 e. The maximum absolute atomic E-state index is 9.86. The molecule has 0 aliphatic rings. The lowest BCUT2D eigenvalue weighted by atomic mass is 10.1. The molecule has 0 bridgehead atoms. The van der Waals surface area contributed by atoms with Crippen molar-refractivity contribution < 1.29 is 9.84 Å². The highest BCUT2D eigenvalue weighted by Crippen LogP contribution is 2.14. The first-order valence-corrected chi connectivity index (χ1v) is 7.60. The third-order valence-corrected chi connectivity index (χ3v) is 3.35. The first-order chi connectivity index (χ1) is 9.22. The summed E-state index contributed by atoms with van der Waals surface area (Å²) in [6.45, 7) is 4.87. The van der Waals surface area contributed by atoms with Gasteiger partial charge in [-0.3, -0.25) is 0 Å². The number of rotatable bonds is 10. The van der Waals surface area contributed by atoms with E-state index in [1.165, 1.54) is 31.2 Å². The van der Waals surface area contributed by atoms with Crippen LogP contribution < -0.4 is 4.74 Å². The second-order valence-electron chi connectivity index (χ2n) is 5.31. The smallest absolute Gasteiger partial charge is 0.119 e. The highest BCUT2D eigenvalue weighted by Gasteiger charge is 2.04. The minimum atomic E-state index is -0.216. The molecule has 0 aliphatic carbocycles. The Kier molecular flexibility index (Phi) is 8.31. The van der Waals surface area contributed by atoms with Gasteiger partial charge in [-0.15, -0.1) is 0 Å². The number of hydrogen-bond acceptors (Lipinski definition) is 2. The molecule has 0 heterocycles. The van der Waals surface area contributed by atoms with Crippen molar-refractivity contribution in [3.63, 3.8) is 0 Å². The SMILES string of the molecule is CCCCCCCC(O)CCOc1cccc(C)c1. The van der Waals surface area contributed by atoms with E-state index in [1.807, 2.05) is 18.2 Å². The van der Waals surface area contributed by atoms with Gasteiger partial charge in [-0.2, -0.15) is 0 Å². The molecule has 1 N–H and O–H groups in total. The zero-order valence-electron chi connectivity index (χ0n) is 12.4. The predicted octanol–water partition coefficient (Wildman–Crippen LogP) is 4.49. The van der Waals surface area contributed by atoms with Crippen LogP contribution in [0.2, 0.25) is 0 Å². The predicted molar refractivity (Wildman–Crippen MR) is 80.7 cm³/mol. The summed E-state index contributed by atoms with van der Waals surface area (Å²) in [6.07, 6.45) is 7.66. The molecule has 0 aromatic heterocycles. The minimum Gasteiger partial charge on any atom is -0.493 e. The molecular weight excluding hydrogens is 236 g/mol. The minimum absolute atomic E-state index is 0.216. The van der Waals surface area contributed by atoms with E-state index >= 15 is 0 Å². The third kappa shape index (κ3) is 7.89. The van der Waals surface area contributed by atoms with Gasteiger partial charge in [0.25, 0.3) is 0 Å². The van der Waals surface area contributed by atoms with Crippen LogP contribution in [-0.2, 0) is 0 Å². The van der Waals surface area contributed by atoms with Crippen LogP contribution in [0.25, 0.3) is 0 Å². The summed E-state index contributed by atoms with van der Waals surface area (Å²) in [5.41, 5.74) is 1.20. The lowest BCUT2D eigenvalue weighted by Crippen LogP contribution is -2.11. The van der Waals surface area contributed by atoms with E-state index in [0.29, 0.717) is 6.61 Å². The Labute approximate surface area is 117 Å². The number of benzene rings is 1. The highest BCUT2D eigenvalue weighted by atomic mass is 16.5. The molecule has 0 amide bonds. The van der Waals surface area contributed by atoms with Crippen LogP contribution in [0.5, 0.6) is 5.75 Å². The van der Waals surface area contributed by atoms with Crippen molar-refractivity contribution in [3.8, 4) is 5.75 Å². The summed E-state index contributed by atoms with van der Waals surface area (Å²) >= 11 is 0. The van der Waals surface area contributed by atoms with Gasteiger partial charge < -0.3 is 9.84 Å². The fourth-order valence-electron chi connectivity index (χ4n) is 2.15. The second-order valence-corrected chi connectivity index (χ2v) is 5.31. The molecule has 0 saturated carbocycles. The molecular formula is C17H28O2. The summed E-state index contributed by atoms with van der Waals surface area (Å²) in [7, 11) is 0. The van der Waals surface area contributed by atoms with E-state index in [2.05, 4.69) is 19.9 Å². The molecule has 1 rings (SSSR count). The Morgan fingerprint density at radius 2 is 1.89 bits per heavy atom. The van der Waals surface area contributed by atoms with E-state index in [0.717, 1.165) is 25.0 Å². The van der Waals surface area contributed by atoms with Crippen molar-refractivity contribution in [1.82, 2.24) is 0 Å². The lowest BCUT2D eigenvalue weighted by Gasteiger charge is -2.11. The third-order valence-electron chi connectivity index (χ3n) is 3.35. The van der Waals surface area contributed by atoms with Gasteiger partial charge >= 0.3 is 0 Å². The van der Waals surface area contributed by atoms with Crippen molar-refractivity contribution in [1.29, 1.82) is 0 Å². The standard InChI is InChI=1S/C17H28O2/c1-3-4-5-6-7-10-16(18)12-13-19-17-11-8-9-15(2)14-17/h8-9,11,14,16,18H,3-7,10,12-13H2,1-2H3. The fraction of sp³-hybridized carbons (Fsp3) is 0.647. The fourth-order valence-corrected chi connectivity index (χ4v) is 2.15. The summed E-state index contributed by atoms with van der Waals surface area (Å²) in [5, 5.41) is 9.86. The zero-order chi connectivity index (χ0) is 13.9. The molecule has 0 fully saturated rings. The summed E-state index contributed by atoms with van der Waals surface area (Å²) in [5.74, 6) is 0.898. The first kappa shape index (κ1) is 16.0. The quantitative estimate of drug-likeness (QED) is 0.631. The van der Waals surface area contributed by atoms with E-state index < -0.39 is 0 Å². The van der Waals surface area contributed by atoms with Crippen LogP contribution in [0.3, 0.4) is 0 Å². The molecule has 0 aliphatic heterocycles. The van der Waals surface area contributed by atoms with Crippen LogP contribution in [-0.4, -0.2) is 17.8 Å². The molecule has 1 unspecified atom stereocenters. The Morgan fingerprint density at radius 1 is 1.11 bits per heavy atom. The number of hydrogen-bond donors (Lipinski definition) is 1. The number of aryl methyl sites for hydroxylation is 1. The van der Waals surface area contributed by atoms with E-state index in [9.17, 15) is 5.11 Å². The molecule has 1 atom stereocenters. The van der Waals surface area contributed by atoms with Crippen LogP contribution in [0, 0.1) is 6.92 Å². The van der Waals surface area contributed by atoms with Crippen LogP contribution in [0.4, 0.5) is 0 Å². The van der Waals surface area contributed by atoms with Gasteiger partial charge in [-0.05, 0) is 31.0 Å². The maximum atomic E-state index is 9.86. The Bertz CT molecular complexity index is 336. The number of aliphatic hydroxyl groups excluding tert-OH is 1. The van der Waals surface area contributed by atoms with Crippen molar-refractivity contribution in [3.05, 3.63) is 29.8 Å². The van der Waals surface area contributed by atoms with Crippen molar-refractivity contribution in [2.45, 2.75) is 64.9 Å². The normalized spacial score (nSPS) is 12.4. The van der Waals surface area contributed by atoms with Gasteiger partial charge in [0.1, 0.15) is 5.75 Å². The number of ether oxygens (including phenoxy) is 1. The van der Waals surface area contributed by atoms with Crippen LogP contribution in [0.1, 0.15) is 57.4 Å². The van der Waals surface area contributed by atoms with Gasteiger partial charge in [0.15, 0.2) is 0 Å². The topological polar surface area (TPSA) is 29.5 Å². The Hall–Kier alpha value is -1.02. The summed E-state index contributed by atoms with van der Waals surface area (Å²) < 4.78 is 5.64. The van der Waals surface area contributed by atoms with E-state index in [1.54, 1.807) is 0 Å². The Morgan fingerprint density at radius 3 is 2.63 bits per heavy atom. The second kappa shape index (κ2) is 9.85. The molecule has 1 aromatic rings. The van der Waals surface area contributed by atoms with E-state index in [4.69, 9.17) is 4.74 Å². The molecule has 0 saturated heterocycles. The van der Waals surface area contributed by atoms with Gasteiger partial charge in [-0.25, -0.2) is 0 Å². The average Bonchev–Trinajstić information content (AvgIpc) is 2.38. The van der Waals surface area contributed by atoms with E-state index in [-0.39, 0.29) is 6.10 Å². The molecule has 0 radical (unpaired) electrons. The first-order valence-electron chi connectivity index (χ1n) is 7.60. The zero-order valence-corrected chi connectivity index (χ0v) is 12.4. The van der Waals surface area contributed by atoms with Gasteiger partial charge in [-0.1, -0.05) is 51.2 Å². The summed E-state index contributed by atoms with van der Waals surface area (Å²) in [4.78, 5) is 0. The molecule has 19 heavy (non-hydrogen) atoms. The lowest BCUT2D eigenvalue weighted by molar-refractivity contribution is 0.128. The number of unbranched alkanes of at least 4 members (excludes halogenated alkanes) is 4. The largest absolute Gasteiger partial charge is 0.493 e. The van der Waals surface area contributed by atoms with Gasteiger partial charge in [0, 0.05) is 6.42 Å². The monoisotopic (exact) mass is 264 g/mol. The van der Waals surface area contributed by atoms with Gasteiger partial charge in [0.2, 0.25) is 0 Å². The molecule has 2 heteroatoms. The summed E-state index contributed by atoms with van der Waals surface area (Å²) in [6, 6.07) is 8.04. The van der Waals surface area contributed by atoms with Crippen molar-refractivity contribution in [2.24, 2.45) is 0 Å². The number of aliphatic hydroxyl groups is 1. The molecule has 1 aromatic carbocycles. The molecule has 0 spiro atoms.